The molecule has 0 aliphatic carbocycles. The van der Waals surface area contributed by atoms with Gasteiger partial charge < -0.3 is 10.6 Å². The largest absolute Gasteiger partial charge is 0.393 e. The van der Waals surface area contributed by atoms with Gasteiger partial charge in [0.2, 0.25) is 0 Å². The maximum Gasteiger partial charge on any atom is 0.256 e. The lowest BCUT2D eigenvalue weighted by Gasteiger charge is -2.24. The van der Waals surface area contributed by atoms with Crippen LogP contribution in [0.15, 0.2) is 18.5 Å². The lowest BCUT2D eigenvalue weighted by atomic mass is 10.1. The summed E-state index contributed by atoms with van der Waals surface area (Å²) in [4.78, 5) is 17.6. The van der Waals surface area contributed by atoms with E-state index >= 15 is 0 Å². The van der Waals surface area contributed by atoms with Gasteiger partial charge in [-0.15, -0.1) is 0 Å². The van der Waals surface area contributed by atoms with Gasteiger partial charge in [0, 0.05) is 25.2 Å². The van der Waals surface area contributed by atoms with Gasteiger partial charge in [0.05, 0.1) is 16.7 Å². The molecule has 1 rings (SSSR count). The first-order chi connectivity index (χ1) is 8.47. The highest BCUT2D eigenvalue weighted by Gasteiger charge is 2.20. The Morgan fingerprint density at radius 1 is 1.67 bits per heavy atom. The van der Waals surface area contributed by atoms with E-state index in [9.17, 15) is 9.18 Å². The Hall–Kier alpha value is -1.56. The van der Waals surface area contributed by atoms with Gasteiger partial charge in [-0.05, 0) is 13.0 Å². The quantitative estimate of drug-likeness (QED) is 0.825. The van der Waals surface area contributed by atoms with Crippen LogP contribution in [-0.2, 0) is 0 Å². The summed E-state index contributed by atoms with van der Waals surface area (Å²) in [6.07, 6.45) is 2.42. The molecule has 0 radical (unpaired) electrons. The molecule has 18 heavy (non-hydrogen) atoms. The number of amides is 1. The number of carbonyl (C=O) groups excluding carboxylic acids is 1. The molecule has 0 fully saturated rings. The Labute approximate surface area is 111 Å². The van der Waals surface area contributed by atoms with Crippen LogP contribution in [0.2, 0.25) is 0 Å². The van der Waals surface area contributed by atoms with Crippen LogP contribution in [-0.4, -0.2) is 33.9 Å². The fraction of sp³-hybridized carbons (Fsp3) is 0.417. The number of hydrogen-bond donors (Lipinski definition) is 1. The third-order valence-electron chi connectivity index (χ3n) is 2.65. The molecule has 0 bridgehead atoms. The second kappa shape index (κ2) is 6.39. The van der Waals surface area contributed by atoms with Crippen LogP contribution in [0.3, 0.4) is 0 Å². The molecule has 1 atom stereocenters. The second-order valence-electron chi connectivity index (χ2n) is 4.00. The van der Waals surface area contributed by atoms with Gasteiger partial charge in [0.1, 0.15) is 0 Å². The second-order valence-corrected chi connectivity index (χ2v) is 4.47. The van der Waals surface area contributed by atoms with Gasteiger partial charge >= 0.3 is 0 Å². The molecule has 0 aromatic carbocycles. The van der Waals surface area contributed by atoms with Crippen molar-refractivity contribution in [1.29, 1.82) is 0 Å². The molecule has 0 aliphatic rings. The van der Waals surface area contributed by atoms with E-state index in [2.05, 4.69) is 4.98 Å². The zero-order valence-corrected chi connectivity index (χ0v) is 11.2. The normalized spacial score (nSPS) is 11.9. The highest BCUT2D eigenvalue weighted by molar-refractivity contribution is 7.80. The standard InChI is InChI=1S/C12H16FN3OS/c1-3-16(7-8(2)11(14)18)12(17)9-4-5-15-6-10(9)13/h4-6,8H,3,7H2,1-2H3,(H2,14,18). The van der Waals surface area contributed by atoms with E-state index in [0.29, 0.717) is 18.1 Å². The van der Waals surface area contributed by atoms with Gasteiger partial charge in [-0.1, -0.05) is 19.1 Å². The van der Waals surface area contributed by atoms with Gasteiger partial charge in [0.25, 0.3) is 5.91 Å². The molecule has 0 saturated heterocycles. The van der Waals surface area contributed by atoms with Crippen molar-refractivity contribution in [2.45, 2.75) is 13.8 Å². The predicted octanol–water partition coefficient (Wildman–Crippen LogP) is 1.61. The maximum absolute atomic E-state index is 13.5. The number of hydrogen-bond acceptors (Lipinski definition) is 3. The Morgan fingerprint density at radius 2 is 2.33 bits per heavy atom. The van der Waals surface area contributed by atoms with E-state index in [1.165, 1.54) is 17.2 Å². The SMILES string of the molecule is CCN(CC(C)C(N)=S)C(=O)c1ccncc1F. The molecule has 2 N–H and O–H groups in total. The Bertz CT molecular complexity index is 453. The summed E-state index contributed by atoms with van der Waals surface area (Å²) in [5.74, 6) is -1.10. The molecular weight excluding hydrogens is 253 g/mol. The summed E-state index contributed by atoms with van der Waals surface area (Å²) in [5.41, 5.74) is 5.53. The monoisotopic (exact) mass is 269 g/mol. The minimum atomic E-state index is -0.621. The van der Waals surface area contributed by atoms with Crippen LogP contribution in [0.4, 0.5) is 4.39 Å². The highest BCUT2D eigenvalue weighted by atomic mass is 32.1. The van der Waals surface area contributed by atoms with Crippen molar-refractivity contribution >= 4 is 23.1 Å². The zero-order valence-electron chi connectivity index (χ0n) is 10.4. The zero-order chi connectivity index (χ0) is 13.7. The van der Waals surface area contributed by atoms with E-state index in [0.717, 1.165) is 6.20 Å². The molecule has 0 spiro atoms. The molecule has 4 nitrogen and oxygen atoms in total. The van der Waals surface area contributed by atoms with Crippen LogP contribution in [0, 0.1) is 11.7 Å². The first kappa shape index (κ1) is 14.5. The molecule has 1 heterocycles. The van der Waals surface area contributed by atoms with Crippen molar-refractivity contribution in [1.82, 2.24) is 9.88 Å². The van der Waals surface area contributed by atoms with Gasteiger partial charge in [-0.3, -0.25) is 9.78 Å². The summed E-state index contributed by atoms with van der Waals surface area (Å²) >= 11 is 4.87. The van der Waals surface area contributed by atoms with E-state index in [1.54, 1.807) is 0 Å². The number of carbonyl (C=O) groups is 1. The lowest BCUT2D eigenvalue weighted by Crippen LogP contribution is -2.38. The van der Waals surface area contributed by atoms with Crippen LogP contribution in [0.25, 0.3) is 0 Å². The van der Waals surface area contributed by atoms with Crippen LogP contribution >= 0.6 is 12.2 Å². The summed E-state index contributed by atoms with van der Waals surface area (Å²) in [6.45, 7) is 4.50. The Balaban J connectivity index is 2.86. The minimum absolute atomic E-state index is 0.0157. The van der Waals surface area contributed by atoms with Crippen LogP contribution in [0.5, 0.6) is 0 Å². The third-order valence-corrected chi connectivity index (χ3v) is 3.05. The molecule has 1 aromatic rings. The van der Waals surface area contributed by atoms with E-state index in [-0.39, 0.29) is 17.4 Å². The average molecular weight is 269 g/mol. The van der Waals surface area contributed by atoms with Crippen molar-refractivity contribution in [2.75, 3.05) is 13.1 Å². The van der Waals surface area contributed by atoms with E-state index in [4.69, 9.17) is 18.0 Å². The minimum Gasteiger partial charge on any atom is -0.393 e. The summed E-state index contributed by atoms with van der Waals surface area (Å²) < 4.78 is 13.5. The number of halogens is 1. The van der Waals surface area contributed by atoms with Crippen molar-refractivity contribution in [3.8, 4) is 0 Å². The van der Waals surface area contributed by atoms with Gasteiger partial charge in [-0.25, -0.2) is 4.39 Å². The first-order valence-electron chi connectivity index (χ1n) is 5.65. The van der Waals surface area contributed by atoms with Gasteiger partial charge in [0.15, 0.2) is 5.82 Å². The number of thiocarbonyl (C=S) groups is 1. The van der Waals surface area contributed by atoms with Crippen molar-refractivity contribution < 1.29 is 9.18 Å². The molecule has 1 unspecified atom stereocenters. The predicted molar refractivity (Wildman–Crippen MR) is 71.7 cm³/mol. The van der Waals surface area contributed by atoms with Crippen molar-refractivity contribution in [3.05, 3.63) is 29.8 Å². The average Bonchev–Trinajstić information content (AvgIpc) is 2.35. The molecule has 0 aliphatic heterocycles. The number of pyridine rings is 1. The first-order valence-corrected chi connectivity index (χ1v) is 6.06. The summed E-state index contributed by atoms with van der Waals surface area (Å²) in [5, 5.41) is 0. The molecule has 1 amide bonds. The maximum atomic E-state index is 13.5. The molecule has 6 heteroatoms. The fourth-order valence-electron chi connectivity index (χ4n) is 1.50. The summed E-state index contributed by atoms with van der Waals surface area (Å²) in [7, 11) is 0. The molecular formula is C12H16FN3OS. The molecule has 0 saturated carbocycles. The van der Waals surface area contributed by atoms with E-state index < -0.39 is 5.82 Å². The topological polar surface area (TPSA) is 59.2 Å². The Morgan fingerprint density at radius 3 is 2.83 bits per heavy atom. The van der Waals surface area contributed by atoms with Gasteiger partial charge in [-0.2, -0.15) is 0 Å². The fourth-order valence-corrected chi connectivity index (χ4v) is 1.57. The number of aromatic nitrogens is 1. The number of nitrogens with zero attached hydrogens (tertiary/aromatic N) is 2. The van der Waals surface area contributed by atoms with Crippen molar-refractivity contribution in [2.24, 2.45) is 11.7 Å². The lowest BCUT2D eigenvalue weighted by molar-refractivity contribution is 0.0750. The molecule has 98 valence electrons. The number of rotatable bonds is 5. The highest BCUT2D eigenvalue weighted by Crippen LogP contribution is 2.10. The van der Waals surface area contributed by atoms with Crippen molar-refractivity contribution in [3.63, 3.8) is 0 Å². The number of nitrogens with two attached hydrogens (primary N) is 1. The van der Waals surface area contributed by atoms with Crippen LogP contribution < -0.4 is 5.73 Å². The Kier molecular flexibility index (Phi) is 5.15. The van der Waals surface area contributed by atoms with Crippen LogP contribution in [0.1, 0.15) is 24.2 Å². The third kappa shape index (κ3) is 3.46. The molecule has 1 aromatic heterocycles. The van der Waals surface area contributed by atoms with E-state index in [1.807, 2.05) is 13.8 Å². The summed E-state index contributed by atoms with van der Waals surface area (Å²) in [6, 6.07) is 1.37. The smallest absolute Gasteiger partial charge is 0.256 e.